The highest BCUT2D eigenvalue weighted by molar-refractivity contribution is 6.01. The van der Waals surface area contributed by atoms with Crippen molar-refractivity contribution < 1.29 is 9.66 Å². The first-order valence-corrected chi connectivity index (χ1v) is 6.05. The zero-order valence-electron chi connectivity index (χ0n) is 11.2. The number of methoxy groups -OCH3 is 1. The molecule has 0 spiro atoms. The Morgan fingerprint density at radius 1 is 1.20 bits per heavy atom. The van der Waals surface area contributed by atoms with Crippen LogP contribution in [0.4, 0.5) is 11.4 Å². The molecular weight excluding hydrogens is 256 g/mol. The van der Waals surface area contributed by atoms with Crippen LogP contribution >= 0.6 is 0 Å². The van der Waals surface area contributed by atoms with Gasteiger partial charge in [0.15, 0.2) is 0 Å². The van der Waals surface area contributed by atoms with Gasteiger partial charge in [0.1, 0.15) is 11.4 Å². The summed E-state index contributed by atoms with van der Waals surface area (Å²) in [5.74, 6) is 0.664. The molecule has 2 aromatic rings. The van der Waals surface area contributed by atoms with Gasteiger partial charge < -0.3 is 4.74 Å². The molecule has 0 aromatic heterocycles. The molecule has 2 aromatic carbocycles. The van der Waals surface area contributed by atoms with E-state index >= 15 is 0 Å². The van der Waals surface area contributed by atoms with Gasteiger partial charge in [-0.15, -0.1) is 0 Å². The van der Waals surface area contributed by atoms with Crippen LogP contribution in [0.25, 0.3) is 0 Å². The molecule has 0 aliphatic carbocycles. The average Bonchev–Trinajstić information content (AvgIpc) is 2.48. The first kappa shape index (κ1) is 13.7. The number of para-hydroxylation sites is 2. The Morgan fingerprint density at radius 3 is 2.65 bits per heavy atom. The Kier molecular flexibility index (Phi) is 4.10. The van der Waals surface area contributed by atoms with Gasteiger partial charge >= 0.3 is 0 Å². The van der Waals surface area contributed by atoms with Crippen molar-refractivity contribution in [1.82, 2.24) is 0 Å². The van der Waals surface area contributed by atoms with Gasteiger partial charge in [-0.25, -0.2) is 4.99 Å². The molecule has 0 heterocycles. The number of non-ortho nitro benzene ring substituents is 1. The minimum Gasteiger partial charge on any atom is -0.494 e. The lowest BCUT2D eigenvalue weighted by Crippen LogP contribution is -1.96. The van der Waals surface area contributed by atoms with Crippen LogP contribution in [0, 0.1) is 10.1 Å². The summed E-state index contributed by atoms with van der Waals surface area (Å²) in [6.45, 7) is 1.81. The average molecular weight is 270 g/mol. The Balaban J connectivity index is 2.40. The van der Waals surface area contributed by atoms with Crippen molar-refractivity contribution in [1.29, 1.82) is 0 Å². The Bertz CT molecular complexity index is 666. The van der Waals surface area contributed by atoms with Crippen LogP contribution in [0.3, 0.4) is 0 Å². The van der Waals surface area contributed by atoms with Crippen molar-refractivity contribution in [2.45, 2.75) is 6.92 Å². The Morgan fingerprint density at radius 2 is 1.95 bits per heavy atom. The highest BCUT2D eigenvalue weighted by Gasteiger charge is 2.08. The summed E-state index contributed by atoms with van der Waals surface area (Å²) in [5, 5.41) is 10.8. The molecule has 0 saturated carbocycles. The van der Waals surface area contributed by atoms with E-state index in [4.69, 9.17) is 4.74 Å². The van der Waals surface area contributed by atoms with Crippen LogP contribution in [0.2, 0.25) is 0 Å². The fraction of sp³-hybridized carbons (Fsp3) is 0.133. The summed E-state index contributed by atoms with van der Waals surface area (Å²) in [6.07, 6.45) is 0. The zero-order valence-corrected chi connectivity index (χ0v) is 11.2. The van der Waals surface area contributed by atoms with E-state index in [2.05, 4.69) is 4.99 Å². The second-order valence-electron chi connectivity index (χ2n) is 4.18. The van der Waals surface area contributed by atoms with Gasteiger partial charge in [-0.3, -0.25) is 10.1 Å². The molecule has 0 saturated heterocycles. The van der Waals surface area contributed by atoms with E-state index in [1.165, 1.54) is 12.1 Å². The molecule has 5 nitrogen and oxygen atoms in total. The molecule has 0 atom stereocenters. The molecule has 5 heteroatoms. The van der Waals surface area contributed by atoms with Gasteiger partial charge in [0.25, 0.3) is 5.69 Å². The maximum atomic E-state index is 10.8. The first-order valence-electron chi connectivity index (χ1n) is 6.05. The summed E-state index contributed by atoms with van der Waals surface area (Å²) in [6, 6.07) is 13.8. The number of aliphatic imine (C=N–C) groups is 1. The summed E-state index contributed by atoms with van der Waals surface area (Å²) < 4.78 is 5.23. The fourth-order valence-corrected chi connectivity index (χ4v) is 1.81. The van der Waals surface area contributed by atoms with E-state index in [1.54, 1.807) is 19.2 Å². The van der Waals surface area contributed by atoms with Crippen LogP contribution in [-0.2, 0) is 0 Å². The van der Waals surface area contributed by atoms with Gasteiger partial charge in [0.2, 0.25) is 0 Å². The van der Waals surface area contributed by atoms with Gasteiger partial charge in [-0.05, 0) is 19.1 Å². The third kappa shape index (κ3) is 3.00. The van der Waals surface area contributed by atoms with Gasteiger partial charge in [0, 0.05) is 23.4 Å². The second-order valence-corrected chi connectivity index (χ2v) is 4.18. The minimum atomic E-state index is -0.417. The van der Waals surface area contributed by atoms with Crippen molar-refractivity contribution >= 4 is 17.1 Å². The highest BCUT2D eigenvalue weighted by atomic mass is 16.6. The molecule has 0 N–H and O–H groups in total. The lowest BCUT2D eigenvalue weighted by Gasteiger charge is -2.05. The predicted molar refractivity (Wildman–Crippen MR) is 78.0 cm³/mol. The molecule has 0 aliphatic heterocycles. The third-order valence-electron chi connectivity index (χ3n) is 2.85. The van der Waals surface area contributed by atoms with E-state index in [9.17, 15) is 10.1 Å². The van der Waals surface area contributed by atoms with E-state index in [0.717, 1.165) is 0 Å². The monoisotopic (exact) mass is 270 g/mol. The normalized spacial score (nSPS) is 11.2. The maximum absolute atomic E-state index is 10.8. The number of nitro benzene ring substituents is 1. The summed E-state index contributed by atoms with van der Waals surface area (Å²) in [4.78, 5) is 14.8. The van der Waals surface area contributed by atoms with E-state index in [1.807, 2.05) is 31.2 Å². The lowest BCUT2D eigenvalue weighted by atomic mass is 10.1. The number of hydrogen-bond donors (Lipinski definition) is 0. The number of benzene rings is 2. The maximum Gasteiger partial charge on any atom is 0.270 e. The second kappa shape index (κ2) is 5.97. The van der Waals surface area contributed by atoms with Crippen LogP contribution in [0.5, 0.6) is 5.75 Å². The van der Waals surface area contributed by atoms with Crippen molar-refractivity contribution in [2.75, 3.05) is 7.11 Å². The fourth-order valence-electron chi connectivity index (χ4n) is 1.81. The molecule has 0 radical (unpaired) electrons. The van der Waals surface area contributed by atoms with Crippen LogP contribution in [0.15, 0.2) is 53.5 Å². The number of nitrogens with zero attached hydrogens (tertiary/aromatic N) is 2. The third-order valence-corrected chi connectivity index (χ3v) is 2.85. The highest BCUT2D eigenvalue weighted by Crippen LogP contribution is 2.27. The molecule has 20 heavy (non-hydrogen) atoms. The SMILES string of the molecule is COc1ccccc1N=C(C)c1cccc([N+](=O)[O-])c1. The Hall–Kier alpha value is -2.69. The number of rotatable bonds is 4. The largest absolute Gasteiger partial charge is 0.494 e. The molecule has 0 amide bonds. The topological polar surface area (TPSA) is 64.7 Å². The van der Waals surface area contributed by atoms with E-state index < -0.39 is 4.92 Å². The molecule has 102 valence electrons. The first-order chi connectivity index (χ1) is 9.61. The Labute approximate surface area is 116 Å². The summed E-state index contributed by atoms with van der Waals surface area (Å²) in [5.41, 5.74) is 2.15. The van der Waals surface area contributed by atoms with Crippen molar-refractivity contribution in [3.63, 3.8) is 0 Å². The molecule has 0 bridgehead atoms. The number of hydrogen-bond acceptors (Lipinski definition) is 4. The van der Waals surface area contributed by atoms with Gasteiger partial charge in [-0.2, -0.15) is 0 Å². The summed E-state index contributed by atoms with van der Waals surface area (Å²) in [7, 11) is 1.58. The molecule has 2 rings (SSSR count). The van der Waals surface area contributed by atoms with Crippen LogP contribution < -0.4 is 4.74 Å². The van der Waals surface area contributed by atoms with Gasteiger partial charge in [-0.1, -0.05) is 24.3 Å². The van der Waals surface area contributed by atoms with E-state index in [0.29, 0.717) is 22.7 Å². The van der Waals surface area contributed by atoms with E-state index in [-0.39, 0.29) is 5.69 Å². The van der Waals surface area contributed by atoms with Crippen molar-refractivity contribution in [3.8, 4) is 5.75 Å². The quantitative estimate of drug-likeness (QED) is 0.483. The predicted octanol–water partition coefficient (Wildman–Crippen LogP) is 3.74. The standard InChI is InChI=1S/C15H14N2O3/c1-11(12-6-5-7-13(10-12)17(18)19)16-14-8-3-4-9-15(14)20-2/h3-10H,1-2H3. The van der Waals surface area contributed by atoms with Gasteiger partial charge in [0.05, 0.1) is 12.0 Å². The molecule has 0 aliphatic rings. The molecular formula is C15H14N2O3. The van der Waals surface area contributed by atoms with Crippen molar-refractivity contribution in [3.05, 3.63) is 64.2 Å². The molecule has 0 unspecified atom stereocenters. The smallest absolute Gasteiger partial charge is 0.270 e. The number of nitro groups is 1. The van der Waals surface area contributed by atoms with Crippen molar-refractivity contribution in [2.24, 2.45) is 4.99 Å². The minimum absolute atomic E-state index is 0.0528. The molecule has 0 fully saturated rings. The number of ether oxygens (including phenoxy) is 1. The zero-order chi connectivity index (χ0) is 14.5. The van der Waals surface area contributed by atoms with Crippen LogP contribution in [0.1, 0.15) is 12.5 Å². The summed E-state index contributed by atoms with van der Waals surface area (Å²) >= 11 is 0. The van der Waals surface area contributed by atoms with Crippen LogP contribution in [-0.4, -0.2) is 17.7 Å². The lowest BCUT2D eigenvalue weighted by molar-refractivity contribution is -0.384.